The lowest BCUT2D eigenvalue weighted by atomic mass is 10.1. The molecule has 1 amide bonds. The Kier molecular flexibility index (Phi) is 15.2. The highest BCUT2D eigenvalue weighted by Crippen LogP contribution is 2.09. The van der Waals surface area contributed by atoms with E-state index in [4.69, 9.17) is 9.47 Å². The molecule has 0 spiro atoms. The fourth-order valence-electron chi connectivity index (χ4n) is 2.68. The summed E-state index contributed by atoms with van der Waals surface area (Å²) in [4.78, 5) is 38.5. The molecule has 0 aromatic heterocycles. The number of aliphatic imine (C=N–C) groups is 1. The van der Waals surface area contributed by atoms with Crippen LogP contribution in [0.5, 0.6) is 0 Å². The van der Waals surface area contributed by atoms with Gasteiger partial charge in [-0.15, -0.1) is 0 Å². The molecule has 1 N–H and O–H groups in total. The zero-order valence-corrected chi connectivity index (χ0v) is 23.3. The van der Waals surface area contributed by atoms with E-state index >= 15 is 0 Å². The number of alkyl carbamates (subject to hydrolysis) is 1. The van der Waals surface area contributed by atoms with Gasteiger partial charge in [0.2, 0.25) is 0 Å². The topological polar surface area (TPSA) is 94.1 Å². The predicted molar refractivity (Wildman–Crippen MR) is 148 cm³/mol. The molecule has 7 nitrogen and oxygen atoms in total. The minimum absolute atomic E-state index is 0.171. The number of hydrogen-bond donors (Lipinski definition) is 1. The van der Waals surface area contributed by atoms with Crippen LogP contribution in [0.4, 0.5) is 4.79 Å². The number of unbranched alkanes of at least 4 members (excludes halogenated alkanes) is 1. The van der Waals surface area contributed by atoms with Gasteiger partial charge in [0.15, 0.2) is 12.4 Å². The first kappa shape index (κ1) is 31.2. The van der Waals surface area contributed by atoms with Crippen molar-refractivity contribution in [2.24, 2.45) is 4.99 Å². The first-order valence-electron chi connectivity index (χ1n) is 11.5. The number of rotatable bonds is 11. The van der Waals surface area contributed by atoms with Crippen molar-refractivity contribution >= 4 is 51.2 Å². The highest BCUT2D eigenvalue weighted by atomic mass is 79.9. The van der Waals surface area contributed by atoms with Gasteiger partial charge in [0.05, 0.1) is 11.6 Å². The van der Waals surface area contributed by atoms with Gasteiger partial charge in [-0.2, -0.15) is 0 Å². The Balaban J connectivity index is 0.000000384. The molecule has 2 rings (SSSR count). The first-order valence-corrected chi connectivity index (χ1v) is 13.1. The minimum Gasteiger partial charge on any atom is -0.457 e. The van der Waals surface area contributed by atoms with Gasteiger partial charge in [-0.1, -0.05) is 70.5 Å². The number of hydrogen-bond acceptors (Lipinski definition) is 7. The van der Waals surface area contributed by atoms with Gasteiger partial charge in [0.25, 0.3) is 0 Å². The standard InChI is InChI=1S/C17H15BrO3.C10H18N2O2S/c18-11-14-8-6-13(7-9-14)10-17(20)21-12-16(19)15-4-2-1-3-5-15;1-10(2,3)14-9(13)12-7-5-4-6-11-8-15/h1-9H,10-12H2;4-7H2,1-3H3,(H,12,13). The molecule has 0 saturated heterocycles. The number of carbonyl (C=O) groups is 3. The smallest absolute Gasteiger partial charge is 0.407 e. The van der Waals surface area contributed by atoms with Crippen LogP contribution in [-0.4, -0.2) is 48.3 Å². The van der Waals surface area contributed by atoms with Crippen LogP contribution >= 0.6 is 28.1 Å². The SMILES string of the molecule is CC(C)(C)OC(=O)NCCCCN=C=S.O=C(Cc1ccc(CBr)cc1)OCC(=O)c1ccccc1. The number of ketones is 1. The maximum atomic E-state index is 11.8. The number of isothiocyanates is 1. The lowest BCUT2D eigenvalue weighted by molar-refractivity contribution is -0.141. The molecule has 9 heteroatoms. The Labute approximate surface area is 226 Å². The van der Waals surface area contributed by atoms with E-state index in [0.717, 1.165) is 29.3 Å². The van der Waals surface area contributed by atoms with E-state index in [1.54, 1.807) is 24.3 Å². The van der Waals surface area contributed by atoms with Crippen molar-refractivity contribution in [3.8, 4) is 0 Å². The third-order valence-electron chi connectivity index (χ3n) is 4.42. The summed E-state index contributed by atoms with van der Waals surface area (Å²) in [5, 5.41) is 5.74. The van der Waals surface area contributed by atoms with Gasteiger partial charge in [-0.3, -0.25) is 9.59 Å². The van der Waals surface area contributed by atoms with Crippen molar-refractivity contribution in [2.45, 2.75) is 51.0 Å². The van der Waals surface area contributed by atoms with Crippen LogP contribution in [0.25, 0.3) is 0 Å². The Morgan fingerprint density at radius 3 is 2.22 bits per heavy atom. The lowest BCUT2D eigenvalue weighted by Gasteiger charge is -2.19. The van der Waals surface area contributed by atoms with Gasteiger partial charge >= 0.3 is 12.1 Å². The molecule has 0 aliphatic rings. The second-order valence-corrected chi connectivity index (χ2v) is 9.43. The Bertz CT molecular complexity index is 1000. The monoisotopic (exact) mass is 576 g/mol. The highest BCUT2D eigenvalue weighted by molar-refractivity contribution is 9.08. The Morgan fingerprint density at radius 1 is 1.00 bits per heavy atom. The number of nitrogens with zero attached hydrogens (tertiary/aromatic N) is 1. The molecule has 0 radical (unpaired) electrons. The number of ether oxygens (including phenoxy) is 2. The molecule has 36 heavy (non-hydrogen) atoms. The molecule has 0 bridgehead atoms. The lowest BCUT2D eigenvalue weighted by Crippen LogP contribution is -2.33. The van der Waals surface area contributed by atoms with Crippen LogP contribution in [0.3, 0.4) is 0 Å². The Hall–Kier alpha value is -2.87. The maximum absolute atomic E-state index is 11.8. The molecule has 0 unspecified atom stereocenters. The molecule has 2 aromatic carbocycles. The van der Waals surface area contributed by atoms with E-state index in [1.807, 2.05) is 51.1 Å². The largest absolute Gasteiger partial charge is 0.457 e. The number of nitrogens with one attached hydrogen (secondary N) is 1. The van der Waals surface area contributed by atoms with Crippen LogP contribution in [0.2, 0.25) is 0 Å². The number of Topliss-reactive ketones (excluding diaryl/α,β-unsaturated/α-hetero) is 1. The molecular formula is C27H33BrN2O5S. The van der Waals surface area contributed by atoms with Crippen molar-refractivity contribution in [1.82, 2.24) is 5.32 Å². The van der Waals surface area contributed by atoms with E-state index in [9.17, 15) is 14.4 Å². The molecule has 0 aliphatic carbocycles. The summed E-state index contributed by atoms with van der Waals surface area (Å²) >= 11 is 7.79. The van der Waals surface area contributed by atoms with E-state index in [1.165, 1.54) is 0 Å². The van der Waals surface area contributed by atoms with Crippen LogP contribution in [0, 0.1) is 0 Å². The zero-order valence-electron chi connectivity index (χ0n) is 20.9. The summed E-state index contributed by atoms with van der Waals surface area (Å²) in [5.41, 5.74) is 2.13. The summed E-state index contributed by atoms with van der Waals surface area (Å²) in [6.07, 6.45) is 1.55. The van der Waals surface area contributed by atoms with Crippen LogP contribution in [0.15, 0.2) is 59.6 Å². The van der Waals surface area contributed by atoms with Gasteiger partial charge in [0, 0.05) is 24.0 Å². The number of halogens is 1. The molecule has 0 saturated carbocycles. The highest BCUT2D eigenvalue weighted by Gasteiger charge is 2.15. The van der Waals surface area contributed by atoms with Gasteiger partial charge in [-0.05, 0) is 57.0 Å². The fraction of sp³-hybridized carbons (Fsp3) is 0.407. The zero-order chi connectivity index (χ0) is 26.8. The van der Waals surface area contributed by atoms with Crippen LogP contribution in [-0.2, 0) is 26.0 Å². The summed E-state index contributed by atoms with van der Waals surface area (Å²) in [7, 11) is 0. The normalized spacial score (nSPS) is 10.2. The van der Waals surface area contributed by atoms with Gasteiger partial charge in [-0.25, -0.2) is 9.79 Å². The number of benzene rings is 2. The second-order valence-electron chi connectivity index (χ2n) is 8.69. The number of esters is 1. The van der Waals surface area contributed by atoms with Crippen molar-refractivity contribution in [1.29, 1.82) is 0 Å². The number of carbonyl (C=O) groups excluding carboxylic acids is 3. The van der Waals surface area contributed by atoms with Crippen LogP contribution in [0.1, 0.15) is 55.1 Å². The van der Waals surface area contributed by atoms with Crippen LogP contribution < -0.4 is 5.32 Å². The molecule has 194 valence electrons. The van der Waals surface area contributed by atoms with Gasteiger partial charge in [0.1, 0.15) is 5.60 Å². The number of thiocarbonyl (C=S) groups is 1. The van der Waals surface area contributed by atoms with Crippen molar-refractivity contribution in [3.05, 3.63) is 71.3 Å². The molecule has 0 fully saturated rings. The van der Waals surface area contributed by atoms with Crippen molar-refractivity contribution in [3.63, 3.8) is 0 Å². The molecular weight excluding hydrogens is 544 g/mol. The van der Waals surface area contributed by atoms with Gasteiger partial charge < -0.3 is 14.8 Å². The third-order valence-corrected chi connectivity index (χ3v) is 5.19. The van der Waals surface area contributed by atoms with E-state index < -0.39 is 11.6 Å². The van der Waals surface area contributed by atoms with E-state index in [0.29, 0.717) is 18.7 Å². The predicted octanol–water partition coefficient (Wildman–Crippen LogP) is 5.94. The number of alkyl halides is 1. The average molecular weight is 578 g/mol. The molecule has 0 atom stereocenters. The number of amides is 1. The van der Waals surface area contributed by atoms with E-state index in [2.05, 4.69) is 43.6 Å². The van der Waals surface area contributed by atoms with E-state index in [-0.39, 0.29) is 24.9 Å². The summed E-state index contributed by atoms with van der Waals surface area (Å²) in [6, 6.07) is 16.5. The molecule has 0 aliphatic heterocycles. The molecule has 0 heterocycles. The van der Waals surface area contributed by atoms with Crippen molar-refractivity contribution in [2.75, 3.05) is 19.7 Å². The fourth-order valence-corrected chi connectivity index (χ4v) is 3.15. The molecule has 2 aromatic rings. The average Bonchev–Trinajstić information content (AvgIpc) is 2.85. The summed E-state index contributed by atoms with van der Waals surface area (Å²) < 4.78 is 10.1. The minimum atomic E-state index is -0.439. The summed E-state index contributed by atoms with van der Waals surface area (Å²) in [5.74, 6) is -0.593. The maximum Gasteiger partial charge on any atom is 0.407 e. The third kappa shape index (κ3) is 15.2. The Morgan fingerprint density at radius 2 is 1.64 bits per heavy atom. The second kappa shape index (κ2) is 17.5. The van der Waals surface area contributed by atoms with Crippen molar-refractivity contribution < 1.29 is 23.9 Å². The first-order chi connectivity index (χ1) is 17.1. The quantitative estimate of drug-likeness (QED) is 0.0887. The summed E-state index contributed by atoms with van der Waals surface area (Å²) in [6.45, 7) is 6.55.